The van der Waals surface area contributed by atoms with E-state index in [1.807, 2.05) is 37.3 Å². The van der Waals surface area contributed by atoms with Gasteiger partial charge in [0.1, 0.15) is 73.2 Å². The van der Waals surface area contributed by atoms with E-state index in [-0.39, 0.29) is 32.0 Å². The predicted molar refractivity (Wildman–Crippen MR) is 381 cm³/mol. The van der Waals surface area contributed by atoms with Crippen molar-refractivity contribution in [3.8, 4) is 0 Å². The monoisotopic (exact) mass is 1480 g/mol. The molecule has 0 radical (unpaired) electrons. The molecule has 6 saturated heterocycles. The number of unbranched alkanes of at least 4 members (excludes halogenated alkanes) is 10. The largest absolute Gasteiger partial charge is 0.457 e. The number of rotatable bonds is 35. The van der Waals surface area contributed by atoms with Gasteiger partial charge in [-0.05, 0) is 65.0 Å². The van der Waals surface area contributed by atoms with E-state index in [9.17, 15) is 14.4 Å². The Morgan fingerprint density at radius 2 is 0.933 bits per heavy atom. The van der Waals surface area contributed by atoms with Crippen LogP contribution in [0.5, 0.6) is 0 Å². The Kier molecular flexibility index (Phi) is 39.1. The Morgan fingerprint density at radius 1 is 0.442 bits per heavy atom. The average Bonchev–Trinajstić information content (AvgIpc) is 0.765. The highest BCUT2D eigenvalue weighted by atomic mass is 16.8. The second kappa shape index (κ2) is 46.6. The maximum atomic E-state index is 15.0. The molecule has 26 heteroatoms. The van der Waals surface area contributed by atoms with Gasteiger partial charge in [0.05, 0.1) is 37.1 Å². The first-order valence-electron chi connectivity index (χ1n) is 38.7. The summed E-state index contributed by atoms with van der Waals surface area (Å²) >= 11 is 0. The third-order valence-electron chi connectivity index (χ3n) is 20.8. The molecule has 0 aliphatic carbocycles. The zero-order valence-corrected chi connectivity index (χ0v) is 64.8. The van der Waals surface area contributed by atoms with E-state index in [1.165, 1.54) is 61.6 Å². The molecule has 7 rings (SSSR count). The molecule has 596 valence electrons. The number of ether oxygens (including phenoxy) is 22. The van der Waals surface area contributed by atoms with Gasteiger partial charge in [0.2, 0.25) is 0 Å². The summed E-state index contributed by atoms with van der Waals surface area (Å²) in [5.74, 6) is -2.49. The molecule has 0 spiro atoms. The summed E-state index contributed by atoms with van der Waals surface area (Å²) in [5.41, 5.74) is 0.722. The minimum Gasteiger partial charge on any atom is -0.457 e. The molecule has 0 bridgehead atoms. The summed E-state index contributed by atoms with van der Waals surface area (Å²) in [5, 5.41) is 0. The van der Waals surface area contributed by atoms with Crippen LogP contribution in [0, 0.1) is 0 Å². The molecule has 0 N–H and O–H groups in total. The molecule has 104 heavy (non-hydrogen) atoms. The van der Waals surface area contributed by atoms with Crippen molar-refractivity contribution in [1.29, 1.82) is 0 Å². The fourth-order valence-corrected chi connectivity index (χ4v) is 15.1. The quantitative estimate of drug-likeness (QED) is 0.0264. The molecule has 1 aromatic rings. The first-order valence-corrected chi connectivity index (χ1v) is 38.7. The smallest absolute Gasteiger partial charge is 0.331 e. The standard InChI is InChI=1S/C78H128O26/c1-16-19-21-22-23-24-27-30-38-44-57(81)99-73-68(103-74-69(90-15)67(89-14)63(85-10)54(96-74)47-83-8)62(102-76-70(100-58(82)46-45-52-39-34-32-35-40-52)65(87-12)60(49(5)92-76)97-55(79)18-3)51(7)94-78(73)101-61-50(6)93-77-71(66(61)88-13)98-56(80)43-37-31-28-25-26-29-36-42-53(41-33-20-17-2)95-75-72(104-77)64(86-11)59(84-9)48(4)91-75/h32,34-35,39-40,45-46,48-51,53-54,59-78H,16-31,33,36-38,41-44,47H2,1-15H3/b46-45+/t48-,49+,50+,51+,53+,54-,59+,60+,61+,62+,63-,64+,65-,66-,67+,68-,69-,70-,71-,72-,73-,74+,75+,76+,77+,78+/m1/s1. The van der Waals surface area contributed by atoms with Crippen LogP contribution in [0.4, 0.5) is 0 Å². The molecule has 26 atom stereocenters. The zero-order valence-electron chi connectivity index (χ0n) is 64.8. The Hall–Kier alpha value is -3.88. The Balaban J connectivity index is 1.33. The van der Waals surface area contributed by atoms with Gasteiger partial charge < -0.3 is 104 Å². The summed E-state index contributed by atoms with van der Waals surface area (Å²) in [6, 6.07) is 9.18. The molecule has 6 aliphatic heterocycles. The van der Waals surface area contributed by atoms with E-state index >= 15 is 4.79 Å². The number of fused-ring (bicyclic) bond motifs is 2. The lowest BCUT2D eigenvalue weighted by atomic mass is 9.94. The van der Waals surface area contributed by atoms with Crippen LogP contribution >= 0.6 is 0 Å². The highest BCUT2D eigenvalue weighted by Crippen LogP contribution is 2.42. The maximum Gasteiger partial charge on any atom is 0.331 e. The van der Waals surface area contributed by atoms with Gasteiger partial charge in [0, 0.05) is 82.2 Å². The van der Waals surface area contributed by atoms with E-state index in [2.05, 4.69) is 13.8 Å². The maximum absolute atomic E-state index is 15.0. The molecule has 6 fully saturated rings. The summed E-state index contributed by atoms with van der Waals surface area (Å²) in [4.78, 5) is 56.8. The number of esters is 4. The minimum atomic E-state index is -1.58. The molecular formula is C78H128O26. The highest BCUT2D eigenvalue weighted by molar-refractivity contribution is 5.87. The van der Waals surface area contributed by atoms with E-state index in [4.69, 9.17) is 104 Å². The second-order valence-electron chi connectivity index (χ2n) is 28.3. The van der Waals surface area contributed by atoms with Crippen molar-refractivity contribution in [2.75, 3.05) is 63.5 Å². The summed E-state index contributed by atoms with van der Waals surface area (Å²) < 4.78 is 145. The SMILES string of the molecule is CCCCCCCCCCCC(=O)O[C@H]1[C@H](O[C@@H]2[C@@H](OC)[C@H]3OC(=O)CCCCCCCCC[C@H](CCCCC)O[C@@H]4O[C@H](C)[C@H](OC)[C@H](OC)[C@H]4O[C@@H]3O[C@H]2C)O[C@@H](C)[C@H](O[C@@H]2O[C@@H](C)[C@H](OC(=O)CC)[C@@H](OC)[C@H]2OC(=O)/C=C/c2ccccc2)[C@H]1O[C@@H]1O[C@H](COC)[C@@H](OC)[C@H](OC)[C@H]1OC. The Labute approximate surface area is 618 Å². The van der Waals surface area contributed by atoms with Crippen LogP contribution in [-0.4, -0.2) is 247 Å². The van der Waals surface area contributed by atoms with Crippen LogP contribution in [0.2, 0.25) is 0 Å². The number of carbonyl (C=O) groups is 4. The molecule has 0 aromatic heterocycles. The number of benzene rings is 1. The van der Waals surface area contributed by atoms with Crippen molar-refractivity contribution in [3.63, 3.8) is 0 Å². The van der Waals surface area contributed by atoms with Crippen molar-refractivity contribution in [1.82, 2.24) is 0 Å². The predicted octanol–water partition coefficient (Wildman–Crippen LogP) is 11.2. The fourth-order valence-electron chi connectivity index (χ4n) is 15.1. The van der Waals surface area contributed by atoms with Crippen molar-refractivity contribution in [2.24, 2.45) is 0 Å². The Morgan fingerprint density at radius 3 is 1.54 bits per heavy atom. The van der Waals surface area contributed by atoms with Crippen molar-refractivity contribution in [2.45, 2.75) is 362 Å². The van der Waals surface area contributed by atoms with Crippen LogP contribution in [0.1, 0.15) is 208 Å². The molecule has 6 heterocycles. The number of methoxy groups -OCH3 is 8. The van der Waals surface area contributed by atoms with Gasteiger partial charge in [-0.25, -0.2) is 4.79 Å². The van der Waals surface area contributed by atoms with Crippen LogP contribution in [0.25, 0.3) is 6.08 Å². The van der Waals surface area contributed by atoms with Gasteiger partial charge in [0.15, 0.2) is 55.9 Å². The van der Waals surface area contributed by atoms with E-state index in [0.717, 1.165) is 115 Å². The molecular weight excluding hydrogens is 1350 g/mol. The van der Waals surface area contributed by atoms with Crippen LogP contribution in [0.15, 0.2) is 36.4 Å². The lowest BCUT2D eigenvalue weighted by Crippen LogP contribution is -2.69. The number of carbonyl (C=O) groups excluding carboxylic acids is 4. The first kappa shape index (κ1) is 87.3. The lowest BCUT2D eigenvalue weighted by molar-refractivity contribution is -0.402. The third kappa shape index (κ3) is 25.1. The van der Waals surface area contributed by atoms with Crippen molar-refractivity contribution < 1.29 is 123 Å². The first-order chi connectivity index (χ1) is 50.4. The van der Waals surface area contributed by atoms with Gasteiger partial charge in [-0.3, -0.25) is 14.4 Å². The van der Waals surface area contributed by atoms with Gasteiger partial charge in [-0.2, -0.15) is 0 Å². The highest BCUT2D eigenvalue weighted by Gasteiger charge is 2.60. The molecule has 26 nitrogen and oxygen atoms in total. The van der Waals surface area contributed by atoms with Gasteiger partial charge in [0.25, 0.3) is 0 Å². The molecule has 0 amide bonds. The van der Waals surface area contributed by atoms with Crippen molar-refractivity contribution >= 4 is 30.0 Å². The molecule has 1 aromatic carbocycles. The molecule has 0 unspecified atom stereocenters. The summed E-state index contributed by atoms with van der Waals surface area (Å²) in [6.45, 7) is 13.1. The van der Waals surface area contributed by atoms with Gasteiger partial charge >= 0.3 is 23.9 Å². The van der Waals surface area contributed by atoms with Gasteiger partial charge in [-0.1, -0.05) is 160 Å². The second-order valence-corrected chi connectivity index (χ2v) is 28.3. The summed E-state index contributed by atoms with van der Waals surface area (Å²) in [6.07, 6.45) is -4.93. The van der Waals surface area contributed by atoms with Crippen LogP contribution in [0.3, 0.4) is 0 Å². The lowest BCUT2D eigenvalue weighted by Gasteiger charge is -2.52. The molecule has 6 aliphatic rings. The topological polar surface area (TPSA) is 271 Å². The van der Waals surface area contributed by atoms with Crippen LogP contribution in [-0.2, 0) is 123 Å². The Bertz CT molecular complexity index is 2600. The zero-order chi connectivity index (χ0) is 75.1. The van der Waals surface area contributed by atoms with E-state index in [0.29, 0.717) is 12.8 Å². The van der Waals surface area contributed by atoms with E-state index < -0.39 is 177 Å². The van der Waals surface area contributed by atoms with Gasteiger partial charge in [-0.15, -0.1) is 0 Å². The minimum absolute atomic E-state index is 0.00322. The third-order valence-corrected chi connectivity index (χ3v) is 20.8. The van der Waals surface area contributed by atoms with E-state index in [1.54, 1.807) is 48.0 Å². The molecule has 0 saturated carbocycles. The average molecular weight is 1480 g/mol. The number of hydrogen-bond acceptors (Lipinski definition) is 26. The fraction of sp³-hybridized carbons (Fsp3) is 0.846. The number of hydrogen-bond donors (Lipinski definition) is 0. The normalized spacial score (nSPS) is 36.4. The van der Waals surface area contributed by atoms with Crippen LogP contribution < -0.4 is 0 Å². The summed E-state index contributed by atoms with van der Waals surface area (Å²) in [7, 11) is 12.1. The van der Waals surface area contributed by atoms with Crippen molar-refractivity contribution in [3.05, 3.63) is 42.0 Å².